The third-order valence-corrected chi connectivity index (χ3v) is 4.55. The second-order valence-electron chi connectivity index (χ2n) is 6.32. The van der Waals surface area contributed by atoms with Crippen molar-refractivity contribution in [3.05, 3.63) is 77.1 Å². The van der Waals surface area contributed by atoms with Crippen molar-refractivity contribution in [1.29, 1.82) is 0 Å². The molecule has 26 heavy (non-hydrogen) atoms. The van der Waals surface area contributed by atoms with Crippen LogP contribution >= 0.6 is 11.6 Å². The molecule has 0 bridgehead atoms. The fourth-order valence-electron chi connectivity index (χ4n) is 2.95. The predicted octanol–water partition coefficient (Wildman–Crippen LogP) is 4.13. The third kappa shape index (κ3) is 3.13. The van der Waals surface area contributed by atoms with Crippen LogP contribution < -0.4 is 4.90 Å². The standard InChI is InChI=1S/C20H18ClN5/c1-25(2)19-16-12-15(11-14-7-4-3-5-8-14)17(21)13-18(16)23-20(24-19)26-10-6-9-22-26/h3-10,12-13H,11H2,1-2H3. The Bertz CT molecular complexity index is 1040. The average molecular weight is 364 g/mol. The van der Waals surface area contributed by atoms with Crippen LogP contribution in [-0.2, 0) is 6.42 Å². The van der Waals surface area contributed by atoms with E-state index < -0.39 is 0 Å². The summed E-state index contributed by atoms with van der Waals surface area (Å²) in [6.07, 6.45) is 4.30. The van der Waals surface area contributed by atoms with Crippen molar-refractivity contribution < 1.29 is 0 Å². The van der Waals surface area contributed by atoms with Gasteiger partial charge in [0.05, 0.1) is 5.52 Å². The van der Waals surface area contributed by atoms with Crippen LogP contribution in [0.4, 0.5) is 5.82 Å². The maximum atomic E-state index is 6.57. The Morgan fingerprint density at radius 2 is 1.85 bits per heavy atom. The predicted molar refractivity (Wildman–Crippen MR) is 105 cm³/mol. The number of anilines is 1. The van der Waals surface area contributed by atoms with Crippen molar-refractivity contribution in [2.45, 2.75) is 6.42 Å². The lowest BCUT2D eigenvalue weighted by atomic mass is 10.0. The van der Waals surface area contributed by atoms with Crippen molar-refractivity contribution in [3.63, 3.8) is 0 Å². The van der Waals surface area contributed by atoms with E-state index in [0.29, 0.717) is 11.0 Å². The van der Waals surface area contributed by atoms with Gasteiger partial charge in [0.1, 0.15) is 5.82 Å². The Morgan fingerprint density at radius 3 is 2.54 bits per heavy atom. The van der Waals surface area contributed by atoms with E-state index in [1.54, 1.807) is 10.9 Å². The topological polar surface area (TPSA) is 46.8 Å². The van der Waals surface area contributed by atoms with E-state index in [0.717, 1.165) is 28.7 Å². The van der Waals surface area contributed by atoms with Gasteiger partial charge in [-0.3, -0.25) is 0 Å². The fourth-order valence-corrected chi connectivity index (χ4v) is 3.17. The summed E-state index contributed by atoms with van der Waals surface area (Å²) in [5.74, 6) is 1.37. The van der Waals surface area contributed by atoms with E-state index in [1.807, 2.05) is 55.5 Å². The van der Waals surface area contributed by atoms with Crippen LogP contribution in [0.3, 0.4) is 0 Å². The minimum atomic E-state index is 0.526. The number of nitrogens with zero attached hydrogens (tertiary/aromatic N) is 5. The summed E-state index contributed by atoms with van der Waals surface area (Å²) in [5, 5.41) is 5.91. The van der Waals surface area contributed by atoms with Crippen molar-refractivity contribution in [2.75, 3.05) is 19.0 Å². The minimum absolute atomic E-state index is 0.526. The van der Waals surface area contributed by atoms with Crippen LogP contribution in [0, 0.1) is 0 Å². The maximum Gasteiger partial charge on any atom is 0.253 e. The zero-order valence-corrected chi connectivity index (χ0v) is 15.4. The van der Waals surface area contributed by atoms with Crippen molar-refractivity contribution in [3.8, 4) is 5.95 Å². The van der Waals surface area contributed by atoms with Gasteiger partial charge in [-0.15, -0.1) is 0 Å². The normalized spacial score (nSPS) is 11.0. The van der Waals surface area contributed by atoms with Gasteiger partial charge >= 0.3 is 0 Å². The maximum absolute atomic E-state index is 6.57. The van der Waals surface area contributed by atoms with Crippen LogP contribution in [-0.4, -0.2) is 33.8 Å². The highest BCUT2D eigenvalue weighted by Crippen LogP contribution is 2.30. The zero-order chi connectivity index (χ0) is 18.1. The number of fused-ring (bicyclic) bond motifs is 1. The van der Waals surface area contributed by atoms with Gasteiger partial charge in [-0.05, 0) is 35.7 Å². The van der Waals surface area contributed by atoms with Gasteiger partial charge in [-0.1, -0.05) is 41.9 Å². The molecule has 2 aromatic carbocycles. The molecule has 0 spiro atoms. The van der Waals surface area contributed by atoms with E-state index >= 15 is 0 Å². The van der Waals surface area contributed by atoms with Gasteiger partial charge in [0.15, 0.2) is 0 Å². The lowest BCUT2D eigenvalue weighted by Crippen LogP contribution is -2.14. The number of halogens is 1. The summed E-state index contributed by atoms with van der Waals surface area (Å²) in [6.45, 7) is 0. The molecule has 0 amide bonds. The third-order valence-electron chi connectivity index (χ3n) is 4.20. The molecule has 0 radical (unpaired) electrons. The largest absolute Gasteiger partial charge is 0.362 e. The molecule has 6 heteroatoms. The number of rotatable bonds is 4. The second kappa shape index (κ2) is 6.77. The van der Waals surface area contributed by atoms with Gasteiger partial charge in [-0.2, -0.15) is 10.1 Å². The number of aromatic nitrogens is 4. The molecular formula is C20H18ClN5. The molecule has 0 atom stereocenters. The smallest absolute Gasteiger partial charge is 0.253 e. The molecule has 0 saturated heterocycles. The average Bonchev–Trinajstić information content (AvgIpc) is 3.17. The van der Waals surface area contributed by atoms with Crippen molar-refractivity contribution in [2.24, 2.45) is 0 Å². The molecule has 0 N–H and O–H groups in total. The van der Waals surface area contributed by atoms with Gasteiger partial charge in [0.25, 0.3) is 5.95 Å². The lowest BCUT2D eigenvalue weighted by molar-refractivity contribution is 0.812. The van der Waals surface area contributed by atoms with Gasteiger partial charge in [0, 0.05) is 36.9 Å². The molecule has 0 fully saturated rings. The summed E-state index contributed by atoms with van der Waals surface area (Å²) in [7, 11) is 3.94. The van der Waals surface area contributed by atoms with Gasteiger partial charge in [-0.25, -0.2) is 9.67 Å². The zero-order valence-electron chi connectivity index (χ0n) is 14.6. The molecule has 4 rings (SSSR count). The Labute approximate surface area is 156 Å². The second-order valence-corrected chi connectivity index (χ2v) is 6.72. The Kier molecular flexibility index (Phi) is 4.31. The fraction of sp³-hybridized carbons (Fsp3) is 0.150. The minimum Gasteiger partial charge on any atom is -0.362 e. The highest BCUT2D eigenvalue weighted by atomic mass is 35.5. The monoisotopic (exact) mass is 363 g/mol. The summed E-state index contributed by atoms with van der Waals surface area (Å²) in [5.41, 5.74) is 3.08. The molecule has 0 aliphatic carbocycles. The summed E-state index contributed by atoms with van der Waals surface area (Å²) >= 11 is 6.57. The molecule has 0 aliphatic rings. The van der Waals surface area contributed by atoms with E-state index in [-0.39, 0.29) is 0 Å². The van der Waals surface area contributed by atoms with Crippen LogP contribution in [0.2, 0.25) is 5.02 Å². The Morgan fingerprint density at radius 1 is 1.04 bits per heavy atom. The first-order valence-electron chi connectivity index (χ1n) is 8.33. The molecule has 2 heterocycles. The van der Waals surface area contributed by atoms with E-state index in [4.69, 9.17) is 16.6 Å². The van der Waals surface area contributed by atoms with Crippen molar-refractivity contribution >= 4 is 28.3 Å². The first-order valence-corrected chi connectivity index (χ1v) is 8.71. The van der Waals surface area contributed by atoms with Crippen LogP contribution in [0.15, 0.2) is 60.9 Å². The first-order chi connectivity index (χ1) is 12.6. The summed E-state index contributed by atoms with van der Waals surface area (Å²) < 4.78 is 1.65. The molecular weight excluding hydrogens is 346 g/mol. The molecule has 4 aromatic rings. The highest BCUT2D eigenvalue weighted by Gasteiger charge is 2.14. The molecule has 0 saturated carbocycles. The Balaban J connectivity index is 1.87. The van der Waals surface area contributed by atoms with E-state index in [2.05, 4.69) is 28.3 Å². The van der Waals surface area contributed by atoms with Crippen LogP contribution in [0.1, 0.15) is 11.1 Å². The molecule has 0 unspecified atom stereocenters. The quantitative estimate of drug-likeness (QED) is 0.547. The number of hydrogen-bond acceptors (Lipinski definition) is 4. The highest BCUT2D eigenvalue weighted by molar-refractivity contribution is 6.32. The number of hydrogen-bond donors (Lipinski definition) is 0. The van der Waals surface area contributed by atoms with Gasteiger partial charge < -0.3 is 4.90 Å². The first kappa shape index (κ1) is 16.5. The molecule has 5 nitrogen and oxygen atoms in total. The lowest BCUT2D eigenvalue weighted by Gasteiger charge is -2.17. The van der Waals surface area contributed by atoms with E-state index in [1.165, 1.54) is 5.56 Å². The summed E-state index contributed by atoms with van der Waals surface area (Å²) in [6, 6.07) is 16.1. The summed E-state index contributed by atoms with van der Waals surface area (Å²) in [4.78, 5) is 11.3. The number of benzene rings is 2. The molecule has 2 aromatic heterocycles. The van der Waals surface area contributed by atoms with E-state index in [9.17, 15) is 0 Å². The Hall–Kier alpha value is -2.92. The van der Waals surface area contributed by atoms with Gasteiger partial charge in [0.2, 0.25) is 0 Å². The van der Waals surface area contributed by atoms with Crippen molar-refractivity contribution in [1.82, 2.24) is 19.7 Å². The molecule has 130 valence electrons. The van der Waals surface area contributed by atoms with Crippen LogP contribution in [0.5, 0.6) is 0 Å². The SMILES string of the molecule is CN(C)c1nc(-n2cccn2)nc2cc(Cl)c(Cc3ccccc3)cc12. The molecule has 0 aliphatic heterocycles. The van der Waals surface area contributed by atoms with Crippen LogP contribution in [0.25, 0.3) is 16.9 Å².